The first-order valence-electron chi connectivity index (χ1n) is 7.58. The van der Waals surface area contributed by atoms with E-state index in [4.69, 9.17) is 23.2 Å². The van der Waals surface area contributed by atoms with E-state index in [2.05, 4.69) is 9.80 Å². The molecule has 0 bridgehead atoms. The molecule has 1 aromatic carbocycles. The van der Waals surface area contributed by atoms with E-state index in [0.29, 0.717) is 28.2 Å². The average molecular weight is 327 g/mol. The summed E-state index contributed by atoms with van der Waals surface area (Å²) in [6.45, 7) is 4.93. The van der Waals surface area contributed by atoms with Crippen molar-refractivity contribution in [1.82, 2.24) is 9.80 Å². The van der Waals surface area contributed by atoms with Crippen LogP contribution >= 0.6 is 23.2 Å². The molecule has 1 aromatic rings. The zero-order chi connectivity index (χ0) is 14.8. The van der Waals surface area contributed by atoms with Gasteiger partial charge in [-0.3, -0.25) is 14.6 Å². The van der Waals surface area contributed by atoms with E-state index in [1.807, 2.05) is 0 Å². The number of hydrogen-bond acceptors (Lipinski definition) is 3. The van der Waals surface area contributed by atoms with Gasteiger partial charge in [-0.1, -0.05) is 23.2 Å². The lowest BCUT2D eigenvalue weighted by Gasteiger charge is -2.23. The zero-order valence-electron chi connectivity index (χ0n) is 12.0. The van der Waals surface area contributed by atoms with Crippen LogP contribution in [0.1, 0.15) is 29.6 Å². The van der Waals surface area contributed by atoms with Crippen molar-refractivity contribution in [1.29, 1.82) is 0 Å². The average Bonchev–Trinajstić information content (AvgIpc) is 3.12. The topological polar surface area (TPSA) is 23.6 Å². The molecule has 21 heavy (non-hydrogen) atoms. The fourth-order valence-corrected chi connectivity index (χ4v) is 3.62. The molecule has 3 rings (SSSR count). The molecule has 5 heteroatoms. The van der Waals surface area contributed by atoms with Crippen LogP contribution in [0.5, 0.6) is 0 Å². The molecule has 2 heterocycles. The van der Waals surface area contributed by atoms with Gasteiger partial charge >= 0.3 is 0 Å². The van der Waals surface area contributed by atoms with Crippen molar-refractivity contribution in [2.24, 2.45) is 0 Å². The molecular formula is C16H20Cl2N2O. The minimum atomic E-state index is 0.121. The monoisotopic (exact) mass is 326 g/mol. The molecule has 0 spiro atoms. The highest BCUT2D eigenvalue weighted by atomic mass is 35.5. The van der Waals surface area contributed by atoms with Crippen molar-refractivity contribution < 1.29 is 4.79 Å². The zero-order valence-corrected chi connectivity index (χ0v) is 13.5. The molecule has 0 aliphatic carbocycles. The summed E-state index contributed by atoms with van der Waals surface area (Å²) in [7, 11) is 0. The summed E-state index contributed by atoms with van der Waals surface area (Å²) in [5, 5.41) is 0.933. The maximum absolute atomic E-state index is 12.3. The van der Waals surface area contributed by atoms with Gasteiger partial charge in [0, 0.05) is 24.7 Å². The molecule has 114 valence electrons. The first-order chi connectivity index (χ1) is 10.1. The third kappa shape index (κ3) is 3.59. The van der Waals surface area contributed by atoms with Gasteiger partial charge in [0.1, 0.15) is 0 Å². The van der Waals surface area contributed by atoms with E-state index in [1.54, 1.807) is 18.2 Å². The predicted octanol–water partition coefficient (Wildman–Crippen LogP) is 3.35. The molecule has 0 saturated carbocycles. The summed E-state index contributed by atoms with van der Waals surface area (Å²) in [6.07, 6.45) is 3.81. The summed E-state index contributed by atoms with van der Waals surface area (Å²) in [5.41, 5.74) is 0.647. The van der Waals surface area contributed by atoms with Crippen molar-refractivity contribution in [3.8, 4) is 0 Å². The second kappa shape index (κ2) is 6.66. The third-order valence-corrected chi connectivity index (χ3v) is 5.25. The van der Waals surface area contributed by atoms with E-state index in [0.717, 1.165) is 13.1 Å². The maximum Gasteiger partial charge on any atom is 0.176 e. The van der Waals surface area contributed by atoms with Gasteiger partial charge in [0.2, 0.25) is 0 Å². The number of likely N-dealkylation sites (tertiary alicyclic amines) is 2. The Morgan fingerprint density at radius 1 is 1.14 bits per heavy atom. The smallest absolute Gasteiger partial charge is 0.176 e. The van der Waals surface area contributed by atoms with Crippen LogP contribution in [0.3, 0.4) is 0 Å². The Labute approximate surface area is 135 Å². The molecule has 2 saturated heterocycles. The Morgan fingerprint density at radius 2 is 1.90 bits per heavy atom. The van der Waals surface area contributed by atoms with Crippen LogP contribution in [0.25, 0.3) is 0 Å². The third-order valence-electron chi connectivity index (χ3n) is 4.51. The summed E-state index contributed by atoms with van der Waals surface area (Å²) in [6, 6.07) is 5.74. The van der Waals surface area contributed by atoms with Gasteiger partial charge in [0.25, 0.3) is 0 Å². The van der Waals surface area contributed by atoms with E-state index in [1.165, 1.54) is 32.4 Å². The Kier molecular flexibility index (Phi) is 4.85. The van der Waals surface area contributed by atoms with Gasteiger partial charge in [0.15, 0.2) is 5.78 Å². The molecule has 0 radical (unpaired) electrons. The number of benzene rings is 1. The lowest BCUT2D eigenvalue weighted by atomic mass is 10.1. The van der Waals surface area contributed by atoms with Crippen LogP contribution in [0.15, 0.2) is 18.2 Å². The Hall–Kier alpha value is -0.610. The lowest BCUT2D eigenvalue weighted by Crippen LogP contribution is -2.36. The number of halogens is 2. The molecule has 1 atom stereocenters. The van der Waals surface area contributed by atoms with Gasteiger partial charge in [-0.2, -0.15) is 0 Å². The number of nitrogens with zero attached hydrogens (tertiary/aromatic N) is 2. The first-order valence-corrected chi connectivity index (χ1v) is 8.34. The Balaban J connectivity index is 1.56. The quantitative estimate of drug-likeness (QED) is 0.793. The minimum Gasteiger partial charge on any atom is -0.299 e. The number of Topliss-reactive ketones (excluding diaryl/α,β-unsaturated/α-hetero) is 1. The number of carbonyl (C=O) groups is 1. The second-order valence-corrected chi connectivity index (χ2v) is 6.79. The molecule has 2 aliphatic rings. The van der Waals surface area contributed by atoms with Gasteiger partial charge in [0.05, 0.1) is 16.6 Å². The van der Waals surface area contributed by atoms with Crippen molar-refractivity contribution in [2.45, 2.75) is 25.3 Å². The van der Waals surface area contributed by atoms with Crippen LogP contribution in [0, 0.1) is 0 Å². The van der Waals surface area contributed by atoms with E-state index < -0.39 is 0 Å². The van der Waals surface area contributed by atoms with Crippen molar-refractivity contribution >= 4 is 29.0 Å². The van der Waals surface area contributed by atoms with Gasteiger partial charge < -0.3 is 0 Å². The summed E-state index contributed by atoms with van der Waals surface area (Å²) in [5.74, 6) is 0.121. The van der Waals surface area contributed by atoms with Crippen LogP contribution in [0.2, 0.25) is 10.0 Å². The highest BCUT2D eigenvalue weighted by Gasteiger charge is 2.30. The van der Waals surface area contributed by atoms with Crippen LogP contribution in [-0.2, 0) is 0 Å². The Bertz CT molecular complexity index is 529. The molecular weight excluding hydrogens is 307 g/mol. The molecule has 3 nitrogen and oxygen atoms in total. The summed E-state index contributed by atoms with van der Waals surface area (Å²) < 4.78 is 0. The van der Waals surface area contributed by atoms with Gasteiger partial charge in [-0.05, 0) is 50.6 Å². The molecule has 2 aliphatic heterocycles. The number of rotatable bonds is 4. The highest BCUT2D eigenvalue weighted by Crippen LogP contribution is 2.24. The highest BCUT2D eigenvalue weighted by molar-refractivity contribution is 6.42. The second-order valence-electron chi connectivity index (χ2n) is 5.97. The van der Waals surface area contributed by atoms with Gasteiger partial charge in [-0.25, -0.2) is 0 Å². The standard InChI is InChI=1S/C16H20Cl2N2O/c17-14-4-3-12(9-15(14)18)16(21)11-19-8-5-13(10-19)20-6-1-2-7-20/h3-4,9,13H,1-2,5-8,10-11H2. The fraction of sp³-hybridized carbons (Fsp3) is 0.562. The number of ketones is 1. The van der Waals surface area contributed by atoms with E-state index >= 15 is 0 Å². The van der Waals surface area contributed by atoms with Crippen molar-refractivity contribution in [3.05, 3.63) is 33.8 Å². The first kappa shape index (κ1) is 15.3. The fourth-order valence-electron chi connectivity index (χ4n) is 3.32. The maximum atomic E-state index is 12.3. The molecule has 0 aromatic heterocycles. The molecule has 1 unspecified atom stereocenters. The van der Waals surface area contributed by atoms with Crippen LogP contribution < -0.4 is 0 Å². The predicted molar refractivity (Wildman–Crippen MR) is 86.4 cm³/mol. The summed E-state index contributed by atoms with van der Waals surface area (Å²) in [4.78, 5) is 17.2. The Morgan fingerprint density at radius 3 is 2.62 bits per heavy atom. The SMILES string of the molecule is O=C(CN1CCC(N2CCCC2)C1)c1ccc(Cl)c(Cl)c1. The number of carbonyl (C=O) groups excluding carboxylic acids is 1. The normalized spacial score (nSPS) is 23.8. The van der Waals surface area contributed by atoms with E-state index in [-0.39, 0.29) is 5.78 Å². The molecule has 0 amide bonds. The largest absolute Gasteiger partial charge is 0.299 e. The van der Waals surface area contributed by atoms with Gasteiger partial charge in [-0.15, -0.1) is 0 Å². The minimum absolute atomic E-state index is 0.121. The summed E-state index contributed by atoms with van der Waals surface area (Å²) >= 11 is 11.9. The van der Waals surface area contributed by atoms with Crippen molar-refractivity contribution in [2.75, 3.05) is 32.7 Å². The lowest BCUT2D eigenvalue weighted by molar-refractivity contribution is 0.0940. The van der Waals surface area contributed by atoms with Crippen LogP contribution in [0.4, 0.5) is 0 Å². The van der Waals surface area contributed by atoms with Crippen LogP contribution in [-0.4, -0.2) is 54.3 Å². The molecule has 2 fully saturated rings. The van der Waals surface area contributed by atoms with Crippen molar-refractivity contribution in [3.63, 3.8) is 0 Å². The van der Waals surface area contributed by atoms with E-state index in [9.17, 15) is 4.79 Å². The molecule has 0 N–H and O–H groups in total. The number of hydrogen-bond donors (Lipinski definition) is 0.